The van der Waals surface area contributed by atoms with Crippen LogP contribution in [-0.2, 0) is 0 Å². The molecular formula is C28H29NSi2. The van der Waals surface area contributed by atoms with Crippen LogP contribution in [0.1, 0.15) is 20.8 Å². The Morgan fingerprint density at radius 2 is 0.645 bits per heavy atom. The van der Waals surface area contributed by atoms with Gasteiger partial charge in [-0.05, 0) is 41.5 Å². The Morgan fingerprint density at radius 1 is 0.419 bits per heavy atom. The van der Waals surface area contributed by atoms with Gasteiger partial charge in [0.05, 0.1) is 0 Å². The standard InChI is InChI=1S/C28H29NSi2/c1-28(2,3)29(30(24-16-8-4-9-17-24)25-18-10-5-11-19-25)31(26-20-12-6-13-21-26)27-22-14-7-15-23-27/h4-23H,1-3H3. The maximum absolute atomic E-state index is 2.87. The first-order valence-corrected chi connectivity index (χ1v) is 13.7. The van der Waals surface area contributed by atoms with Crippen LogP contribution in [0.4, 0.5) is 0 Å². The molecule has 4 aromatic carbocycles. The molecule has 4 rings (SSSR count). The molecule has 0 aliphatic heterocycles. The summed E-state index contributed by atoms with van der Waals surface area (Å²) in [5.74, 6) is 0. The Hall–Kier alpha value is -2.73. The zero-order chi connectivity index (χ0) is 21.7. The summed E-state index contributed by atoms with van der Waals surface area (Å²) >= 11 is 0. The van der Waals surface area contributed by atoms with Crippen LogP contribution in [0.2, 0.25) is 0 Å². The van der Waals surface area contributed by atoms with E-state index in [9.17, 15) is 0 Å². The summed E-state index contributed by atoms with van der Waals surface area (Å²) in [6.07, 6.45) is 0. The van der Waals surface area contributed by atoms with E-state index in [0.29, 0.717) is 0 Å². The van der Waals surface area contributed by atoms with E-state index in [1.807, 2.05) is 0 Å². The number of benzene rings is 4. The van der Waals surface area contributed by atoms with Crippen molar-refractivity contribution < 1.29 is 0 Å². The van der Waals surface area contributed by atoms with Gasteiger partial charge in [0.1, 0.15) is 0 Å². The maximum Gasteiger partial charge on any atom is 0.202 e. The Balaban J connectivity index is 1.97. The fourth-order valence-corrected chi connectivity index (χ4v) is 11.5. The predicted octanol–water partition coefficient (Wildman–Crippen LogP) is 3.70. The third-order valence-electron chi connectivity index (χ3n) is 5.31. The molecule has 0 fully saturated rings. The van der Waals surface area contributed by atoms with Crippen LogP contribution in [0.5, 0.6) is 0 Å². The second-order valence-corrected chi connectivity index (χ2v) is 13.7. The molecule has 0 aliphatic rings. The topological polar surface area (TPSA) is 3.24 Å². The van der Waals surface area contributed by atoms with Crippen molar-refractivity contribution in [3.8, 4) is 0 Å². The first-order valence-electron chi connectivity index (χ1n) is 10.8. The molecule has 0 bridgehead atoms. The molecular weight excluding hydrogens is 406 g/mol. The second kappa shape index (κ2) is 9.60. The average Bonchev–Trinajstić information content (AvgIpc) is 2.81. The highest BCUT2D eigenvalue weighted by Gasteiger charge is 2.40. The van der Waals surface area contributed by atoms with Crippen molar-refractivity contribution in [1.29, 1.82) is 0 Å². The lowest BCUT2D eigenvalue weighted by Gasteiger charge is -2.46. The van der Waals surface area contributed by atoms with Gasteiger partial charge in [-0.15, -0.1) is 0 Å². The highest BCUT2D eigenvalue weighted by Crippen LogP contribution is 2.18. The van der Waals surface area contributed by atoms with Gasteiger partial charge in [0, 0.05) is 5.54 Å². The van der Waals surface area contributed by atoms with Crippen LogP contribution in [0.25, 0.3) is 0 Å². The van der Waals surface area contributed by atoms with E-state index in [1.165, 1.54) is 20.7 Å². The minimum atomic E-state index is -1.21. The number of nitrogens with zero attached hydrogens (tertiary/aromatic N) is 1. The van der Waals surface area contributed by atoms with Crippen molar-refractivity contribution in [3.05, 3.63) is 121 Å². The highest BCUT2D eigenvalue weighted by atomic mass is 28.4. The van der Waals surface area contributed by atoms with Gasteiger partial charge in [-0.1, -0.05) is 121 Å². The molecule has 1 nitrogen and oxygen atoms in total. The van der Waals surface area contributed by atoms with Crippen molar-refractivity contribution in [2.45, 2.75) is 26.3 Å². The van der Waals surface area contributed by atoms with E-state index in [-0.39, 0.29) is 5.54 Å². The molecule has 0 heterocycles. The van der Waals surface area contributed by atoms with Crippen molar-refractivity contribution in [2.24, 2.45) is 0 Å². The summed E-state index contributed by atoms with van der Waals surface area (Å²) in [5, 5.41) is 5.73. The monoisotopic (exact) mass is 435 g/mol. The third kappa shape index (κ3) is 4.96. The van der Waals surface area contributed by atoms with Crippen molar-refractivity contribution in [3.63, 3.8) is 0 Å². The summed E-state index contributed by atoms with van der Waals surface area (Å²) < 4.78 is 2.87. The lowest BCUT2D eigenvalue weighted by Crippen LogP contribution is -2.73. The Bertz CT molecular complexity index is 900. The first-order chi connectivity index (χ1) is 15.1. The summed E-state index contributed by atoms with van der Waals surface area (Å²) in [4.78, 5) is 0. The van der Waals surface area contributed by atoms with Gasteiger partial charge in [-0.2, -0.15) is 0 Å². The van der Waals surface area contributed by atoms with Gasteiger partial charge in [0.25, 0.3) is 0 Å². The summed E-state index contributed by atoms with van der Waals surface area (Å²) in [7, 11) is -2.42. The van der Waals surface area contributed by atoms with E-state index < -0.39 is 17.9 Å². The largest absolute Gasteiger partial charge is 0.328 e. The van der Waals surface area contributed by atoms with Gasteiger partial charge < -0.3 is 4.23 Å². The maximum atomic E-state index is 2.87. The minimum Gasteiger partial charge on any atom is -0.328 e. The van der Waals surface area contributed by atoms with Gasteiger partial charge in [0.15, 0.2) is 0 Å². The van der Waals surface area contributed by atoms with Crippen molar-refractivity contribution in [2.75, 3.05) is 0 Å². The zero-order valence-corrected chi connectivity index (χ0v) is 20.5. The zero-order valence-electron chi connectivity index (χ0n) is 18.5. The molecule has 0 unspecified atom stereocenters. The van der Waals surface area contributed by atoms with E-state index in [4.69, 9.17) is 0 Å². The second-order valence-electron chi connectivity index (χ2n) is 8.67. The highest BCUT2D eigenvalue weighted by molar-refractivity contribution is 6.97. The molecule has 0 atom stereocenters. The Kier molecular flexibility index (Phi) is 6.66. The van der Waals surface area contributed by atoms with E-state index in [1.54, 1.807) is 0 Å². The lowest BCUT2D eigenvalue weighted by atomic mass is 10.1. The van der Waals surface area contributed by atoms with Crippen molar-refractivity contribution in [1.82, 2.24) is 4.23 Å². The Morgan fingerprint density at radius 3 is 0.839 bits per heavy atom. The lowest BCUT2D eigenvalue weighted by molar-refractivity contribution is 0.372. The molecule has 4 aromatic rings. The van der Waals surface area contributed by atoms with Crippen LogP contribution in [0.15, 0.2) is 121 Å². The number of hydrogen-bond acceptors (Lipinski definition) is 1. The molecule has 31 heavy (non-hydrogen) atoms. The average molecular weight is 436 g/mol. The quantitative estimate of drug-likeness (QED) is 0.418. The molecule has 0 saturated heterocycles. The first kappa shape index (κ1) is 21.5. The van der Waals surface area contributed by atoms with Crippen LogP contribution in [-0.4, -0.2) is 27.7 Å². The Labute approximate surface area is 190 Å². The molecule has 0 aliphatic carbocycles. The summed E-state index contributed by atoms with van der Waals surface area (Å²) in [6, 6.07) is 44.5. The molecule has 0 aromatic heterocycles. The molecule has 0 amide bonds. The normalized spacial score (nSPS) is 11.9. The summed E-state index contributed by atoms with van der Waals surface area (Å²) in [6.45, 7) is 7.13. The van der Waals surface area contributed by atoms with Gasteiger partial charge >= 0.3 is 0 Å². The summed E-state index contributed by atoms with van der Waals surface area (Å²) in [5.41, 5.74) is -0.0000414. The molecule has 2 radical (unpaired) electrons. The minimum absolute atomic E-state index is 0.0000414. The van der Waals surface area contributed by atoms with Gasteiger partial charge in [-0.25, -0.2) is 0 Å². The fourth-order valence-electron chi connectivity index (χ4n) is 4.02. The number of hydrogen-bond donors (Lipinski definition) is 0. The predicted molar refractivity (Wildman–Crippen MR) is 137 cm³/mol. The molecule has 3 heteroatoms. The van der Waals surface area contributed by atoms with Crippen LogP contribution in [0, 0.1) is 0 Å². The molecule has 0 saturated carbocycles. The number of rotatable bonds is 6. The molecule has 154 valence electrons. The SMILES string of the molecule is CC(C)(C)N([Si](c1ccccc1)c1ccccc1)[Si](c1ccccc1)c1ccccc1. The van der Waals surface area contributed by atoms with Crippen LogP contribution in [0.3, 0.4) is 0 Å². The van der Waals surface area contributed by atoms with Crippen LogP contribution >= 0.6 is 0 Å². The smallest absolute Gasteiger partial charge is 0.202 e. The van der Waals surface area contributed by atoms with E-state index >= 15 is 0 Å². The molecule has 0 N–H and O–H groups in total. The molecule has 0 spiro atoms. The van der Waals surface area contributed by atoms with E-state index in [0.717, 1.165) is 0 Å². The van der Waals surface area contributed by atoms with Crippen LogP contribution < -0.4 is 20.7 Å². The van der Waals surface area contributed by atoms with Gasteiger partial charge in [-0.3, -0.25) is 0 Å². The van der Waals surface area contributed by atoms with E-state index in [2.05, 4.69) is 146 Å². The van der Waals surface area contributed by atoms with Crippen molar-refractivity contribution >= 4 is 38.7 Å². The third-order valence-corrected chi connectivity index (χ3v) is 12.4. The van der Waals surface area contributed by atoms with Gasteiger partial charge in [0.2, 0.25) is 17.9 Å². The fraction of sp³-hybridized carbons (Fsp3) is 0.143.